The van der Waals surface area contributed by atoms with Gasteiger partial charge in [-0.15, -0.1) is 0 Å². The summed E-state index contributed by atoms with van der Waals surface area (Å²) < 4.78 is 0. The molecule has 3 rings (SSSR count). The van der Waals surface area contributed by atoms with E-state index >= 15 is 0 Å². The number of carbonyl (C=O) groups is 2. The van der Waals surface area contributed by atoms with Gasteiger partial charge in [0.25, 0.3) is 5.91 Å². The number of amides is 3. The number of urea groups is 1. The maximum absolute atomic E-state index is 12.7. The molecular formula is C23H25N3O2. The average Bonchev–Trinajstić information content (AvgIpc) is 2.67. The summed E-state index contributed by atoms with van der Waals surface area (Å²) in [6.45, 7) is 5.74. The van der Waals surface area contributed by atoms with Gasteiger partial charge in [-0.3, -0.25) is 4.79 Å². The Labute approximate surface area is 165 Å². The molecule has 3 aromatic rings. The summed E-state index contributed by atoms with van der Waals surface area (Å²) in [7, 11) is 0. The van der Waals surface area contributed by atoms with Crippen LogP contribution in [0.25, 0.3) is 10.8 Å². The van der Waals surface area contributed by atoms with Gasteiger partial charge in [0.15, 0.2) is 0 Å². The van der Waals surface area contributed by atoms with Crippen LogP contribution in [0.5, 0.6) is 0 Å². The fourth-order valence-electron chi connectivity index (χ4n) is 3.15. The maximum Gasteiger partial charge on any atom is 0.319 e. The van der Waals surface area contributed by atoms with E-state index in [9.17, 15) is 9.59 Å². The van der Waals surface area contributed by atoms with Gasteiger partial charge in [-0.2, -0.15) is 0 Å². The second-order valence-electron chi connectivity index (χ2n) is 7.10. The van der Waals surface area contributed by atoms with Gasteiger partial charge in [0.05, 0.1) is 6.04 Å². The molecule has 0 aliphatic carbocycles. The van der Waals surface area contributed by atoms with Gasteiger partial charge in [-0.05, 0) is 55.3 Å². The van der Waals surface area contributed by atoms with Gasteiger partial charge >= 0.3 is 6.03 Å². The first-order chi connectivity index (χ1) is 13.4. The lowest BCUT2D eigenvalue weighted by Crippen LogP contribution is -2.34. The van der Waals surface area contributed by atoms with Crippen molar-refractivity contribution < 1.29 is 9.59 Å². The molecule has 0 spiro atoms. The van der Waals surface area contributed by atoms with E-state index < -0.39 is 0 Å². The lowest BCUT2D eigenvalue weighted by atomic mass is 9.99. The average molecular weight is 375 g/mol. The zero-order chi connectivity index (χ0) is 20.1. The van der Waals surface area contributed by atoms with Crippen molar-refractivity contribution in [1.29, 1.82) is 0 Å². The maximum atomic E-state index is 12.7. The van der Waals surface area contributed by atoms with Crippen molar-refractivity contribution in [2.45, 2.75) is 32.9 Å². The molecule has 0 aliphatic rings. The zero-order valence-corrected chi connectivity index (χ0v) is 16.3. The zero-order valence-electron chi connectivity index (χ0n) is 16.3. The fourth-order valence-corrected chi connectivity index (χ4v) is 3.15. The van der Waals surface area contributed by atoms with E-state index in [4.69, 9.17) is 0 Å². The first kappa shape index (κ1) is 19.4. The largest absolute Gasteiger partial charge is 0.345 e. The lowest BCUT2D eigenvalue weighted by molar-refractivity contribution is 0.0940. The van der Waals surface area contributed by atoms with Crippen molar-refractivity contribution in [2.24, 2.45) is 0 Å². The minimum atomic E-state index is -0.295. The molecule has 0 fully saturated rings. The van der Waals surface area contributed by atoms with E-state index in [0.29, 0.717) is 11.3 Å². The van der Waals surface area contributed by atoms with Gasteiger partial charge in [0.2, 0.25) is 0 Å². The van der Waals surface area contributed by atoms with Crippen molar-refractivity contribution in [3.63, 3.8) is 0 Å². The Morgan fingerprint density at radius 3 is 2.32 bits per heavy atom. The second kappa shape index (κ2) is 8.57. The highest BCUT2D eigenvalue weighted by Crippen LogP contribution is 2.24. The molecule has 0 saturated heterocycles. The van der Waals surface area contributed by atoms with Crippen molar-refractivity contribution in [2.75, 3.05) is 5.32 Å². The molecule has 3 aromatic carbocycles. The molecule has 0 saturated carbocycles. The molecule has 5 nitrogen and oxygen atoms in total. The molecular weight excluding hydrogens is 350 g/mol. The summed E-state index contributed by atoms with van der Waals surface area (Å²) in [6, 6.07) is 20.7. The van der Waals surface area contributed by atoms with Crippen LogP contribution in [0.4, 0.5) is 10.5 Å². The summed E-state index contributed by atoms with van der Waals surface area (Å²) >= 11 is 0. The highest BCUT2D eigenvalue weighted by atomic mass is 16.2. The number of hydrogen-bond donors (Lipinski definition) is 3. The summed E-state index contributed by atoms with van der Waals surface area (Å²) in [5.74, 6) is -0.187. The van der Waals surface area contributed by atoms with Crippen LogP contribution in [0.15, 0.2) is 66.7 Å². The molecule has 0 aliphatic heterocycles. The number of nitrogens with one attached hydrogen (secondary N) is 3. The number of hydrogen-bond acceptors (Lipinski definition) is 2. The van der Waals surface area contributed by atoms with Crippen molar-refractivity contribution >= 4 is 28.4 Å². The summed E-state index contributed by atoms with van der Waals surface area (Å²) in [4.78, 5) is 24.6. The highest BCUT2D eigenvalue weighted by molar-refractivity contribution is 5.97. The van der Waals surface area contributed by atoms with Crippen LogP contribution in [0, 0.1) is 0 Å². The van der Waals surface area contributed by atoms with Crippen LogP contribution in [0.3, 0.4) is 0 Å². The smallest absolute Gasteiger partial charge is 0.319 e. The van der Waals surface area contributed by atoms with Gasteiger partial charge in [0, 0.05) is 17.3 Å². The van der Waals surface area contributed by atoms with Crippen LogP contribution in [-0.2, 0) is 0 Å². The number of fused-ring (bicyclic) bond motifs is 1. The third kappa shape index (κ3) is 4.68. The molecule has 144 valence electrons. The van der Waals surface area contributed by atoms with Crippen molar-refractivity contribution in [1.82, 2.24) is 10.6 Å². The molecule has 3 N–H and O–H groups in total. The molecule has 0 aromatic heterocycles. The molecule has 0 unspecified atom stereocenters. The molecule has 0 heterocycles. The van der Waals surface area contributed by atoms with Gasteiger partial charge in [-0.25, -0.2) is 4.79 Å². The van der Waals surface area contributed by atoms with Crippen LogP contribution in [0.1, 0.15) is 42.7 Å². The molecule has 1 atom stereocenters. The van der Waals surface area contributed by atoms with Gasteiger partial charge < -0.3 is 16.0 Å². The van der Waals surface area contributed by atoms with Crippen LogP contribution in [-0.4, -0.2) is 18.0 Å². The Hall–Kier alpha value is -3.34. The predicted octanol–water partition coefficient (Wildman–Crippen LogP) is 4.86. The van der Waals surface area contributed by atoms with E-state index in [1.165, 1.54) is 0 Å². The highest BCUT2D eigenvalue weighted by Gasteiger charge is 2.14. The summed E-state index contributed by atoms with van der Waals surface area (Å²) in [6.07, 6.45) is 0. The third-order valence-corrected chi connectivity index (χ3v) is 4.44. The Morgan fingerprint density at radius 2 is 1.54 bits per heavy atom. The van der Waals surface area contributed by atoms with E-state index in [2.05, 4.69) is 34.1 Å². The Morgan fingerprint density at radius 1 is 0.821 bits per heavy atom. The fraction of sp³-hybridized carbons (Fsp3) is 0.217. The van der Waals surface area contributed by atoms with Crippen molar-refractivity contribution in [3.05, 3.63) is 77.9 Å². The topological polar surface area (TPSA) is 70.2 Å². The minimum absolute atomic E-state index is 0.0352. The third-order valence-electron chi connectivity index (χ3n) is 4.44. The van der Waals surface area contributed by atoms with Crippen molar-refractivity contribution in [3.8, 4) is 0 Å². The molecule has 0 bridgehead atoms. The SMILES string of the molecule is CC(C)NC(=O)Nc1cccc(C(=O)N[C@@H](C)c2cccc3ccccc23)c1. The van der Waals surface area contributed by atoms with E-state index in [0.717, 1.165) is 16.3 Å². The molecule has 28 heavy (non-hydrogen) atoms. The lowest BCUT2D eigenvalue weighted by Gasteiger charge is -2.17. The second-order valence-corrected chi connectivity index (χ2v) is 7.10. The van der Waals surface area contributed by atoms with E-state index in [1.54, 1.807) is 24.3 Å². The van der Waals surface area contributed by atoms with Gasteiger partial charge in [-0.1, -0.05) is 48.5 Å². The number of anilines is 1. The van der Waals surface area contributed by atoms with E-state index in [1.807, 2.05) is 45.0 Å². The Kier molecular flexibility index (Phi) is 5.94. The Bertz CT molecular complexity index is 993. The molecule has 0 radical (unpaired) electrons. The first-order valence-corrected chi connectivity index (χ1v) is 9.40. The monoisotopic (exact) mass is 375 g/mol. The first-order valence-electron chi connectivity index (χ1n) is 9.40. The quantitative estimate of drug-likeness (QED) is 0.596. The molecule has 5 heteroatoms. The van der Waals surface area contributed by atoms with Crippen LogP contribution >= 0.6 is 0 Å². The number of benzene rings is 3. The standard InChI is InChI=1S/C23H25N3O2/c1-15(2)24-23(28)26-19-11-6-10-18(14-19)22(27)25-16(3)20-13-7-9-17-8-4-5-12-21(17)20/h4-16H,1-3H3,(H,25,27)(H2,24,26,28)/t16-/m0/s1. The number of rotatable bonds is 5. The molecule has 3 amide bonds. The van der Waals surface area contributed by atoms with Gasteiger partial charge in [0.1, 0.15) is 0 Å². The minimum Gasteiger partial charge on any atom is -0.345 e. The number of carbonyl (C=O) groups excluding carboxylic acids is 2. The van der Waals surface area contributed by atoms with Crippen LogP contribution in [0.2, 0.25) is 0 Å². The van der Waals surface area contributed by atoms with Crippen LogP contribution < -0.4 is 16.0 Å². The Balaban J connectivity index is 1.74. The summed E-state index contributed by atoms with van der Waals surface area (Å²) in [5, 5.41) is 10.8. The summed E-state index contributed by atoms with van der Waals surface area (Å²) in [5.41, 5.74) is 2.13. The predicted molar refractivity (Wildman–Crippen MR) is 114 cm³/mol. The van der Waals surface area contributed by atoms with E-state index in [-0.39, 0.29) is 24.0 Å². The normalized spacial score (nSPS) is 11.9.